The van der Waals surface area contributed by atoms with Gasteiger partial charge in [-0.15, -0.1) is 0 Å². The maximum absolute atomic E-state index is 15.0. The first-order chi connectivity index (χ1) is 14.6. The van der Waals surface area contributed by atoms with Gasteiger partial charge in [0.2, 0.25) is 0 Å². The molecule has 2 saturated heterocycles. The summed E-state index contributed by atoms with van der Waals surface area (Å²) in [6.45, 7) is 3.81. The molecule has 0 aliphatic carbocycles. The van der Waals surface area contributed by atoms with Crippen molar-refractivity contribution >= 4 is 5.91 Å². The van der Waals surface area contributed by atoms with Crippen molar-refractivity contribution < 1.29 is 18.7 Å². The highest BCUT2D eigenvalue weighted by atomic mass is 19.1. The number of carbonyl (C=O) groups excluding carboxylic acids is 1. The second kappa shape index (κ2) is 9.04. The summed E-state index contributed by atoms with van der Waals surface area (Å²) in [5, 5.41) is 0. The normalized spacial score (nSPS) is 19.3. The van der Waals surface area contributed by atoms with Gasteiger partial charge in [-0.05, 0) is 74.2 Å². The van der Waals surface area contributed by atoms with Crippen LogP contribution in [-0.2, 0) is 0 Å². The second-order valence-electron chi connectivity index (χ2n) is 8.07. The fraction of sp³-hybridized carbons (Fsp3) is 0.458. The van der Waals surface area contributed by atoms with Crippen molar-refractivity contribution in [1.82, 2.24) is 9.80 Å². The summed E-state index contributed by atoms with van der Waals surface area (Å²) in [6, 6.07) is 10.5. The van der Waals surface area contributed by atoms with Crippen LogP contribution in [0.1, 0.15) is 36.0 Å². The molecule has 6 heteroatoms. The SMILES string of the molecule is COc1ccc(-c2ccc(C(=O)N3CCC[C@H]3CN3CCCC3)c(F)c2)cc1OC. The Kier molecular flexibility index (Phi) is 6.23. The number of benzene rings is 2. The summed E-state index contributed by atoms with van der Waals surface area (Å²) < 4.78 is 25.6. The van der Waals surface area contributed by atoms with Crippen LogP contribution in [0.15, 0.2) is 36.4 Å². The predicted octanol–water partition coefficient (Wildman–Crippen LogP) is 4.21. The number of halogens is 1. The van der Waals surface area contributed by atoms with Crippen LogP contribution in [0.5, 0.6) is 11.5 Å². The highest BCUT2D eigenvalue weighted by molar-refractivity contribution is 5.95. The molecule has 0 spiro atoms. The number of hydrogen-bond donors (Lipinski definition) is 0. The Morgan fingerprint density at radius 1 is 0.967 bits per heavy atom. The van der Waals surface area contributed by atoms with E-state index in [1.54, 1.807) is 32.4 Å². The highest BCUT2D eigenvalue weighted by Crippen LogP contribution is 2.33. The summed E-state index contributed by atoms with van der Waals surface area (Å²) in [7, 11) is 3.14. The monoisotopic (exact) mass is 412 g/mol. The van der Waals surface area contributed by atoms with Gasteiger partial charge in [-0.25, -0.2) is 4.39 Å². The molecule has 0 radical (unpaired) electrons. The van der Waals surface area contributed by atoms with Gasteiger partial charge in [-0.2, -0.15) is 0 Å². The summed E-state index contributed by atoms with van der Waals surface area (Å²) in [6.07, 6.45) is 4.43. The van der Waals surface area contributed by atoms with Crippen LogP contribution in [0.25, 0.3) is 11.1 Å². The van der Waals surface area contributed by atoms with E-state index in [-0.39, 0.29) is 17.5 Å². The number of likely N-dealkylation sites (tertiary alicyclic amines) is 2. The molecule has 2 aliphatic rings. The van der Waals surface area contributed by atoms with Crippen LogP contribution in [-0.4, -0.2) is 62.1 Å². The topological polar surface area (TPSA) is 42.0 Å². The van der Waals surface area contributed by atoms with Gasteiger partial charge in [0.25, 0.3) is 5.91 Å². The molecule has 0 saturated carbocycles. The van der Waals surface area contributed by atoms with Crippen molar-refractivity contribution in [3.05, 3.63) is 47.8 Å². The lowest BCUT2D eigenvalue weighted by atomic mass is 10.0. The van der Waals surface area contributed by atoms with Gasteiger partial charge in [0.05, 0.1) is 19.8 Å². The van der Waals surface area contributed by atoms with Crippen LogP contribution in [0, 0.1) is 5.82 Å². The van der Waals surface area contributed by atoms with Crippen molar-refractivity contribution in [3.8, 4) is 22.6 Å². The number of methoxy groups -OCH3 is 2. The molecule has 160 valence electrons. The van der Waals surface area contributed by atoms with E-state index in [1.807, 2.05) is 17.0 Å². The minimum absolute atomic E-state index is 0.146. The zero-order valence-electron chi connectivity index (χ0n) is 17.7. The summed E-state index contributed by atoms with van der Waals surface area (Å²) in [4.78, 5) is 17.4. The smallest absolute Gasteiger partial charge is 0.257 e. The molecule has 2 heterocycles. The lowest BCUT2D eigenvalue weighted by molar-refractivity contribution is 0.0704. The number of rotatable bonds is 6. The minimum atomic E-state index is -0.487. The van der Waals surface area contributed by atoms with E-state index in [4.69, 9.17) is 9.47 Å². The van der Waals surface area contributed by atoms with Crippen LogP contribution < -0.4 is 9.47 Å². The molecule has 4 rings (SSSR count). The molecule has 0 unspecified atom stereocenters. The Morgan fingerprint density at radius 3 is 2.37 bits per heavy atom. The fourth-order valence-corrected chi connectivity index (χ4v) is 4.59. The zero-order valence-corrected chi connectivity index (χ0v) is 17.7. The Hall–Kier alpha value is -2.60. The molecule has 0 bridgehead atoms. The summed E-state index contributed by atoms with van der Waals surface area (Å²) in [5.74, 6) is 0.510. The molecule has 2 fully saturated rings. The van der Waals surface area contributed by atoms with E-state index < -0.39 is 5.82 Å². The number of nitrogens with zero attached hydrogens (tertiary/aromatic N) is 2. The summed E-state index contributed by atoms with van der Waals surface area (Å²) >= 11 is 0. The molecule has 5 nitrogen and oxygen atoms in total. The van der Waals surface area contributed by atoms with E-state index in [0.29, 0.717) is 23.6 Å². The van der Waals surface area contributed by atoms with Gasteiger partial charge in [-0.1, -0.05) is 12.1 Å². The van der Waals surface area contributed by atoms with Gasteiger partial charge in [0.1, 0.15) is 5.82 Å². The first kappa shape index (κ1) is 20.7. The lowest BCUT2D eigenvalue weighted by Gasteiger charge is -2.28. The Labute approximate surface area is 177 Å². The van der Waals surface area contributed by atoms with Crippen LogP contribution in [0.4, 0.5) is 4.39 Å². The molecule has 0 aromatic heterocycles. The number of amides is 1. The van der Waals surface area contributed by atoms with Gasteiger partial charge in [-0.3, -0.25) is 4.79 Å². The first-order valence-corrected chi connectivity index (χ1v) is 10.7. The van der Waals surface area contributed by atoms with E-state index in [0.717, 1.165) is 38.0 Å². The molecule has 30 heavy (non-hydrogen) atoms. The Bertz CT molecular complexity index is 911. The minimum Gasteiger partial charge on any atom is -0.493 e. The quantitative estimate of drug-likeness (QED) is 0.713. The van der Waals surface area contributed by atoms with Crippen molar-refractivity contribution in [3.63, 3.8) is 0 Å². The van der Waals surface area contributed by atoms with Gasteiger partial charge < -0.3 is 19.3 Å². The Balaban J connectivity index is 1.53. The Morgan fingerprint density at radius 2 is 1.67 bits per heavy atom. The van der Waals surface area contributed by atoms with Crippen molar-refractivity contribution in [2.45, 2.75) is 31.7 Å². The lowest BCUT2D eigenvalue weighted by Crippen LogP contribution is -2.42. The van der Waals surface area contributed by atoms with Crippen LogP contribution in [0.2, 0.25) is 0 Å². The van der Waals surface area contributed by atoms with Crippen LogP contribution in [0.3, 0.4) is 0 Å². The van der Waals surface area contributed by atoms with Crippen molar-refractivity contribution in [2.24, 2.45) is 0 Å². The number of carbonyl (C=O) groups is 1. The molecule has 1 amide bonds. The molecular formula is C24H29FN2O3. The molecule has 2 aliphatic heterocycles. The molecule has 2 aromatic rings. The van der Waals surface area contributed by atoms with Gasteiger partial charge in [0.15, 0.2) is 11.5 Å². The van der Waals surface area contributed by atoms with Gasteiger partial charge >= 0.3 is 0 Å². The molecule has 0 N–H and O–H groups in total. The average Bonchev–Trinajstić information content (AvgIpc) is 3.45. The zero-order chi connectivity index (χ0) is 21.1. The highest BCUT2D eigenvalue weighted by Gasteiger charge is 2.32. The maximum atomic E-state index is 15.0. The predicted molar refractivity (Wildman–Crippen MR) is 115 cm³/mol. The number of hydrogen-bond acceptors (Lipinski definition) is 4. The van der Waals surface area contributed by atoms with E-state index in [9.17, 15) is 9.18 Å². The third-order valence-corrected chi connectivity index (χ3v) is 6.22. The maximum Gasteiger partial charge on any atom is 0.257 e. The first-order valence-electron chi connectivity index (χ1n) is 10.7. The standard InChI is InChI=1S/C24H29FN2O3/c1-29-22-10-8-18(15-23(22)30-2)17-7-9-20(21(25)14-17)24(28)27-13-5-6-19(27)16-26-11-3-4-12-26/h7-10,14-15,19H,3-6,11-13,16H2,1-2H3/t19-/m0/s1. The average molecular weight is 413 g/mol. The van der Waals surface area contributed by atoms with E-state index in [1.165, 1.54) is 18.9 Å². The van der Waals surface area contributed by atoms with Crippen LogP contribution >= 0.6 is 0 Å². The fourth-order valence-electron chi connectivity index (χ4n) is 4.59. The van der Waals surface area contributed by atoms with E-state index in [2.05, 4.69) is 4.90 Å². The molecular weight excluding hydrogens is 383 g/mol. The second-order valence-corrected chi connectivity index (χ2v) is 8.07. The van der Waals surface area contributed by atoms with Gasteiger partial charge in [0, 0.05) is 19.1 Å². The third-order valence-electron chi connectivity index (χ3n) is 6.22. The summed E-state index contributed by atoms with van der Waals surface area (Å²) in [5.41, 5.74) is 1.64. The van der Waals surface area contributed by atoms with Crippen molar-refractivity contribution in [2.75, 3.05) is 40.4 Å². The van der Waals surface area contributed by atoms with E-state index >= 15 is 0 Å². The van der Waals surface area contributed by atoms with Crippen molar-refractivity contribution in [1.29, 1.82) is 0 Å². The number of ether oxygens (including phenoxy) is 2. The molecule has 1 atom stereocenters. The largest absolute Gasteiger partial charge is 0.493 e. The third kappa shape index (κ3) is 4.15. The molecule has 2 aromatic carbocycles.